The van der Waals surface area contributed by atoms with Crippen LogP contribution in [0.15, 0.2) is 0 Å². The summed E-state index contributed by atoms with van der Waals surface area (Å²) < 4.78 is 17.7. The molecule has 4 nitrogen and oxygen atoms in total. The summed E-state index contributed by atoms with van der Waals surface area (Å²) in [6, 6.07) is 2.17. The topological polar surface area (TPSA) is 53.3 Å². The molecule has 0 aromatic heterocycles. The molecule has 0 N–H and O–H groups in total. The van der Waals surface area contributed by atoms with Gasteiger partial charge in [-0.2, -0.15) is 5.26 Å². The number of carbonyl (C=O) groups is 1. The normalized spacial score (nSPS) is 18.9. The van der Waals surface area contributed by atoms with Crippen molar-refractivity contribution in [2.24, 2.45) is 5.92 Å². The number of rotatable bonds is 3. The second-order valence-corrected chi connectivity index (χ2v) is 3.97. The molecule has 1 aliphatic rings. The largest absolute Gasteiger partial charge is 0.415 e. The molecule has 16 heavy (non-hydrogen) atoms. The van der Waals surface area contributed by atoms with Crippen molar-refractivity contribution in [3.05, 3.63) is 0 Å². The molecule has 5 heteroatoms. The van der Waals surface area contributed by atoms with Crippen LogP contribution in [-0.4, -0.2) is 30.4 Å². The fourth-order valence-corrected chi connectivity index (χ4v) is 1.66. The van der Waals surface area contributed by atoms with Gasteiger partial charge in [-0.15, -0.1) is 0 Å². The smallest absolute Gasteiger partial charge is 0.412 e. The van der Waals surface area contributed by atoms with E-state index in [1.807, 2.05) is 6.92 Å². The number of likely N-dealkylation sites (tertiary alicyclic amines) is 1. The summed E-state index contributed by atoms with van der Waals surface area (Å²) in [5.74, 6) is 0.0147. The lowest BCUT2D eigenvalue weighted by molar-refractivity contribution is -0.0141. The Bertz CT molecular complexity index is 270. The van der Waals surface area contributed by atoms with Gasteiger partial charge in [0, 0.05) is 25.4 Å². The number of ether oxygens (including phenoxy) is 1. The number of piperidine rings is 1. The van der Waals surface area contributed by atoms with Crippen molar-refractivity contribution in [2.75, 3.05) is 13.1 Å². The predicted molar refractivity (Wildman–Crippen MR) is 56.2 cm³/mol. The minimum atomic E-state index is -1.51. The first-order valence-corrected chi connectivity index (χ1v) is 5.66. The minimum Gasteiger partial charge on any atom is -0.415 e. The first-order valence-electron chi connectivity index (χ1n) is 5.66. The van der Waals surface area contributed by atoms with Crippen LogP contribution in [0.4, 0.5) is 9.18 Å². The van der Waals surface area contributed by atoms with Crippen LogP contribution in [-0.2, 0) is 4.74 Å². The minimum absolute atomic E-state index is 0.0147. The van der Waals surface area contributed by atoms with Gasteiger partial charge in [-0.1, -0.05) is 6.92 Å². The van der Waals surface area contributed by atoms with E-state index in [0.29, 0.717) is 32.4 Å². The van der Waals surface area contributed by atoms with Crippen molar-refractivity contribution < 1.29 is 13.9 Å². The molecule has 0 saturated carbocycles. The van der Waals surface area contributed by atoms with Crippen molar-refractivity contribution in [1.82, 2.24) is 4.90 Å². The Morgan fingerprint density at radius 3 is 2.75 bits per heavy atom. The van der Waals surface area contributed by atoms with Crippen LogP contribution in [0.3, 0.4) is 0 Å². The van der Waals surface area contributed by atoms with E-state index in [-0.39, 0.29) is 12.3 Å². The number of halogens is 1. The molecule has 1 rings (SSSR count). The third-order valence-electron chi connectivity index (χ3n) is 2.68. The Morgan fingerprint density at radius 1 is 1.62 bits per heavy atom. The van der Waals surface area contributed by atoms with Gasteiger partial charge >= 0.3 is 6.09 Å². The first kappa shape index (κ1) is 12.8. The SMILES string of the molecule is CCCC(F)OC(=O)N1CCC(C#N)CC1. The number of amides is 1. The zero-order valence-corrected chi connectivity index (χ0v) is 9.49. The molecule has 1 amide bonds. The standard InChI is InChI=1S/C11H17FN2O2/c1-2-3-10(12)16-11(15)14-6-4-9(8-13)5-7-14/h9-10H,2-7H2,1H3. The number of carbonyl (C=O) groups excluding carboxylic acids is 1. The van der Waals surface area contributed by atoms with Gasteiger partial charge in [0.15, 0.2) is 0 Å². The fraction of sp³-hybridized carbons (Fsp3) is 0.818. The molecule has 1 heterocycles. The Kier molecular flexibility index (Phi) is 5.03. The van der Waals surface area contributed by atoms with E-state index in [2.05, 4.69) is 10.8 Å². The van der Waals surface area contributed by atoms with Crippen LogP contribution < -0.4 is 0 Å². The van der Waals surface area contributed by atoms with E-state index >= 15 is 0 Å². The van der Waals surface area contributed by atoms with Gasteiger partial charge in [0.05, 0.1) is 6.07 Å². The average Bonchev–Trinajstić information content (AvgIpc) is 2.29. The molecule has 1 fully saturated rings. The van der Waals surface area contributed by atoms with Gasteiger partial charge in [-0.05, 0) is 19.3 Å². The summed E-state index contributed by atoms with van der Waals surface area (Å²) >= 11 is 0. The molecule has 1 atom stereocenters. The third kappa shape index (κ3) is 3.69. The van der Waals surface area contributed by atoms with E-state index in [9.17, 15) is 9.18 Å². The van der Waals surface area contributed by atoms with Crippen LogP contribution in [0.25, 0.3) is 0 Å². The third-order valence-corrected chi connectivity index (χ3v) is 2.68. The Labute approximate surface area is 95.0 Å². The molecule has 0 aromatic rings. The molecule has 1 aliphatic heterocycles. The van der Waals surface area contributed by atoms with Crippen LogP contribution >= 0.6 is 0 Å². The van der Waals surface area contributed by atoms with Crippen LogP contribution in [0.2, 0.25) is 0 Å². The summed E-state index contributed by atoms with van der Waals surface area (Å²) in [5.41, 5.74) is 0. The molecule has 0 radical (unpaired) electrons. The van der Waals surface area contributed by atoms with Gasteiger partial charge in [0.25, 0.3) is 0 Å². The lowest BCUT2D eigenvalue weighted by Crippen LogP contribution is -2.39. The number of nitrogens with zero attached hydrogens (tertiary/aromatic N) is 2. The second-order valence-electron chi connectivity index (χ2n) is 3.97. The van der Waals surface area contributed by atoms with E-state index in [4.69, 9.17) is 5.26 Å². The molecular formula is C11H17FN2O2. The summed E-state index contributed by atoms with van der Waals surface area (Å²) in [4.78, 5) is 12.9. The molecule has 1 unspecified atom stereocenters. The molecule has 0 spiro atoms. The maximum absolute atomic E-state index is 13.0. The highest BCUT2D eigenvalue weighted by molar-refractivity contribution is 5.67. The number of hydrogen-bond acceptors (Lipinski definition) is 3. The average molecular weight is 228 g/mol. The summed E-state index contributed by atoms with van der Waals surface area (Å²) in [7, 11) is 0. The molecule has 90 valence electrons. The van der Waals surface area contributed by atoms with Crippen molar-refractivity contribution in [3.63, 3.8) is 0 Å². The fourth-order valence-electron chi connectivity index (χ4n) is 1.66. The zero-order chi connectivity index (χ0) is 12.0. The lowest BCUT2D eigenvalue weighted by atomic mass is 9.99. The summed E-state index contributed by atoms with van der Waals surface area (Å²) in [6.45, 7) is 2.80. The van der Waals surface area contributed by atoms with Gasteiger partial charge in [0.2, 0.25) is 6.36 Å². The molecule has 0 bridgehead atoms. The van der Waals surface area contributed by atoms with E-state index in [1.165, 1.54) is 4.90 Å². The van der Waals surface area contributed by atoms with Gasteiger partial charge < -0.3 is 9.64 Å². The van der Waals surface area contributed by atoms with Crippen LogP contribution in [0, 0.1) is 17.2 Å². The molecule has 1 saturated heterocycles. The maximum Gasteiger partial charge on any atom is 0.412 e. The Balaban J connectivity index is 2.31. The van der Waals surface area contributed by atoms with Gasteiger partial charge in [-0.3, -0.25) is 0 Å². The van der Waals surface area contributed by atoms with E-state index in [0.717, 1.165) is 0 Å². The molecular weight excluding hydrogens is 211 g/mol. The van der Waals surface area contributed by atoms with Crippen molar-refractivity contribution in [3.8, 4) is 6.07 Å². The number of nitriles is 1. The van der Waals surface area contributed by atoms with Crippen molar-refractivity contribution in [2.45, 2.75) is 39.0 Å². The molecule has 0 aromatic carbocycles. The van der Waals surface area contributed by atoms with Crippen molar-refractivity contribution >= 4 is 6.09 Å². The first-order chi connectivity index (χ1) is 7.67. The predicted octanol–water partition coefficient (Wildman–Crippen LogP) is 2.45. The van der Waals surface area contributed by atoms with Crippen LogP contribution in [0.1, 0.15) is 32.6 Å². The maximum atomic E-state index is 13.0. The Hall–Kier alpha value is -1.31. The summed E-state index contributed by atoms with van der Waals surface area (Å²) in [5, 5.41) is 8.69. The number of hydrogen-bond donors (Lipinski definition) is 0. The molecule has 0 aliphatic carbocycles. The lowest BCUT2D eigenvalue weighted by Gasteiger charge is -2.28. The highest BCUT2D eigenvalue weighted by atomic mass is 19.1. The quantitative estimate of drug-likeness (QED) is 0.745. The van der Waals surface area contributed by atoms with Crippen LogP contribution in [0.5, 0.6) is 0 Å². The zero-order valence-electron chi connectivity index (χ0n) is 9.49. The van der Waals surface area contributed by atoms with E-state index < -0.39 is 12.5 Å². The van der Waals surface area contributed by atoms with Crippen molar-refractivity contribution in [1.29, 1.82) is 5.26 Å². The summed E-state index contributed by atoms with van der Waals surface area (Å²) in [6.07, 6.45) is 0.0707. The highest BCUT2D eigenvalue weighted by Crippen LogP contribution is 2.17. The van der Waals surface area contributed by atoms with Gasteiger partial charge in [0.1, 0.15) is 0 Å². The number of alkyl halides is 1. The second kappa shape index (κ2) is 6.31. The Morgan fingerprint density at radius 2 is 2.25 bits per heavy atom. The monoisotopic (exact) mass is 228 g/mol. The highest BCUT2D eigenvalue weighted by Gasteiger charge is 2.25. The van der Waals surface area contributed by atoms with E-state index in [1.54, 1.807) is 0 Å². The van der Waals surface area contributed by atoms with Gasteiger partial charge in [-0.25, -0.2) is 9.18 Å².